The summed E-state index contributed by atoms with van der Waals surface area (Å²) in [6.45, 7) is -3.19. The van der Waals surface area contributed by atoms with E-state index < -0.39 is 29.6 Å². The number of fused-ring (bicyclic) bond motifs is 1. The first-order chi connectivity index (χ1) is 14.0. The fourth-order valence-corrected chi connectivity index (χ4v) is 2.87. The van der Waals surface area contributed by atoms with Crippen LogP contribution in [-0.2, 0) is 0 Å². The number of amides is 1. The average Bonchev–Trinajstić information content (AvgIpc) is 3.31. The van der Waals surface area contributed by atoms with Crippen molar-refractivity contribution < 1.29 is 22.7 Å². The third-order valence-electron chi connectivity index (χ3n) is 3.93. The Hall–Kier alpha value is -3.60. The molecule has 0 aliphatic carbocycles. The van der Waals surface area contributed by atoms with Crippen LogP contribution >= 0.6 is 11.6 Å². The highest BCUT2D eigenvalue weighted by Gasteiger charge is 2.24. The van der Waals surface area contributed by atoms with Gasteiger partial charge in [0.25, 0.3) is 5.91 Å². The van der Waals surface area contributed by atoms with Crippen LogP contribution < -0.4 is 10.1 Å². The first-order valence-corrected chi connectivity index (χ1v) is 8.39. The molecule has 2 N–H and O–H groups in total. The number of rotatable bonds is 5. The minimum absolute atomic E-state index is 0.0190. The maximum atomic E-state index is 14.6. The van der Waals surface area contributed by atoms with Crippen molar-refractivity contribution in [2.45, 2.75) is 6.61 Å². The van der Waals surface area contributed by atoms with Crippen LogP contribution in [0.15, 0.2) is 43.0 Å². The second-order valence-corrected chi connectivity index (χ2v) is 6.08. The minimum Gasteiger partial charge on any atom is -0.434 e. The molecule has 3 heterocycles. The lowest BCUT2D eigenvalue weighted by molar-refractivity contribution is -0.0495. The normalized spacial score (nSPS) is 11.2. The van der Waals surface area contributed by atoms with Crippen molar-refractivity contribution >= 4 is 28.8 Å². The number of hydrogen-bond donors (Lipinski definition) is 2. The molecular formula is C17H10ClF3N6O2. The van der Waals surface area contributed by atoms with Gasteiger partial charge in [0.05, 0.1) is 34.4 Å². The number of aromatic nitrogens is 5. The van der Waals surface area contributed by atoms with E-state index in [4.69, 9.17) is 11.6 Å². The number of hydrogen-bond acceptors (Lipinski definition) is 5. The number of nitrogens with zero attached hydrogens (tertiary/aromatic N) is 4. The van der Waals surface area contributed by atoms with Gasteiger partial charge in [0.15, 0.2) is 11.5 Å². The van der Waals surface area contributed by atoms with Gasteiger partial charge in [-0.25, -0.2) is 13.9 Å². The van der Waals surface area contributed by atoms with Gasteiger partial charge in [0.2, 0.25) is 0 Å². The molecule has 1 aromatic carbocycles. The summed E-state index contributed by atoms with van der Waals surface area (Å²) in [5.74, 6) is -2.10. The number of aromatic amines is 1. The first-order valence-electron chi connectivity index (χ1n) is 8.02. The Morgan fingerprint density at radius 3 is 2.93 bits per heavy atom. The third kappa shape index (κ3) is 3.47. The highest BCUT2D eigenvalue weighted by molar-refractivity contribution is 6.31. The maximum absolute atomic E-state index is 14.6. The van der Waals surface area contributed by atoms with E-state index >= 15 is 0 Å². The van der Waals surface area contributed by atoms with Gasteiger partial charge in [-0.15, -0.1) is 0 Å². The number of halogens is 4. The molecular weight excluding hydrogens is 413 g/mol. The molecule has 4 rings (SSSR count). The van der Waals surface area contributed by atoms with Gasteiger partial charge < -0.3 is 10.1 Å². The summed E-state index contributed by atoms with van der Waals surface area (Å²) in [5, 5.41) is 12.4. The number of H-pyrrole nitrogens is 1. The van der Waals surface area contributed by atoms with Crippen LogP contribution in [-0.4, -0.2) is 37.3 Å². The van der Waals surface area contributed by atoms with E-state index in [2.05, 4.69) is 30.3 Å². The fraction of sp³-hybridized carbons (Fsp3) is 0.0588. The molecule has 12 heteroatoms. The predicted octanol–water partition coefficient (Wildman–Crippen LogP) is 3.77. The molecule has 29 heavy (non-hydrogen) atoms. The number of carbonyl (C=O) groups excluding carboxylic acids is 1. The molecule has 0 unspecified atom stereocenters. The Balaban J connectivity index is 1.73. The summed E-state index contributed by atoms with van der Waals surface area (Å²) < 4.78 is 45.9. The van der Waals surface area contributed by atoms with Gasteiger partial charge in [-0.05, 0) is 18.2 Å². The SMILES string of the molecule is O=C(Nc1cn[nH]c1-c1c(OC(F)F)ccc(Cl)c1F)c1cnn2cccnc12. The molecule has 148 valence electrons. The summed E-state index contributed by atoms with van der Waals surface area (Å²) in [6.07, 6.45) is 5.60. The largest absolute Gasteiger partial charge is 0.434 e. The number of ether oxygens (including phenoxy) is 1. The zero-order valence-corrected chi connectivity index (χ0v) is 15.0. The molecule has 0 bridgehead atoms. The molecule has 0 saturated carbocycles. The summed E-state index contributed by atoms with van der Waals surface area (Å²) in [7, 11) is 0. The van der Waals surface area contributed by atoms with Crippen LogP contribution in [0.1, 0.15) is 10.4 Å². The Labute approximate surface area is 165 Å². The lowest BCUT2D eigenvalue weighted by atomic mass is 10.1. The van der Waals surface area contributed by atoms with Gasteiger partial charge in [-0.1, -0.05) is 11.6 Å². The van der Waals surface area contributed by atoms with Crippen molar-refractivity contribution in [1.29, 1.82) is 0 Å². The van der Waals surface area contributed by atoms with E-state index in [9.17, 15) is 18.0 Å². The van der Waals surface area contributed by atoms with Crippen LogP contribution in [0.2, 0.25) is 5.02 Å². The summed E-state index contributed by atoms with van der Waals surface area (Å²) in [6, 6.07) is 3.81. The van der Waals surface area contributed by atoms with Gasteiger partial charge in [-0.2, -0.15) is 19.0 Å². The average molecular weight is 423 g/mol. The summed E-state index contributed by atoms with van der Waals surface area (Å²) in [5.41, 5.74) is -0.0355. The lowest BCUT2D eigenvalue weighted by Crippen LogP contribution is -2.12. The van der Waals surface area contributed by atoms with Gasteiger partial charge in [0.1, 0.15) is 11.3 Å². The van der Waals surface area contributed by atoms with Crippen molar-refractivity contribution in [1.82, 2.24) is 24.8 Å². The Bertz CT molecular complexity index is 1210. The smallest absolute Gasteiger partial charge is 0.387 e. The van der Waals surface area contributed by atoms with Gasteiger partial charge >= 0.3 is 6.61 Å². The van der Waals surface area contributed by atoms with Crippen LogP contribution in [0, 0.1) is 5.82 Å². The van der Waals surface area contributed by atoms with Gasteiger partial charge in [-0.3, -0.25) is 9.89 Å². The van der Waals surface area contributed by atoms with Crippen molar-refractivity contribution in [2.24, 2.45) is 0 Å². The lowest BCUT2D eigenvalue weighted by Gasteiger charge is -2.13. The molecule has 0 saturated heterocycles. The molecule has 1 amide bonds. The van der Waals surface area contributed by atoms with Crippen LogP contribution in [0.3, 0.4) is 0 Å². The summed E-state index contributed by atoms with van der Waals surface area (Å²) >= 11 is 5.78. The molecule has 4 aromatic rings. The highest BCUT2D eigenvalue weighted by Crippen LogP contribution is 2.39. The third-order valence-corrected chi connectivity index (χ3v) is 4.23. The minimum atomic E-state index is -3.19. The molecule has 3 aromatic heterocycles. The first kappa shape index (κ1) is 18.7. The number of benzene rings is 1. The molecule has 8 nitrogen and oxygen atoms in total. The topological polar surface area (TPSA) is 97.2 Å². The van der Waals surface area contributed by atoms with E-state index in [0.717, 1.165) is 12.1 Å². The molecule has 0 spiro atoms. The van der Waals surface area contributed by atoms with Crippen molar-refractivity contribution in [2.75, 3.05) is 5.32 Å². The predicted molar refractivity (Wildman–Crippen MR) is 96.6 cm³/mol. The van der Waals surface area contributed by atoms with E-state index in [-0.39, 0.29) is 22.0 Å². The Kier molecular flexibility index (Phi) is 4.80. The van der Waals surface area contributed by atoms with Crippen LogP contribution in [0.5, 0.6) is 5.75 Å². The zero-order chi connectivity index (χ0) is 20.5. The molecule has 0 fully saturated rings. The quantitative estimate of drug-likeness (QED) is 0.510. The van der Waals surface area contributed by atoms with E-state index in [1.165, 1.54) is 23.1 Å². The Morgan fingerprint density at radius 1 is 1.31 bits per heavy atom. The molecule has 0 atom stereocenters. The van der Waals surface area contributed by atoms with Crippen LogP contribution in [0.25, 0.3) is 16.9 Å². The number of carbonyl (C=O) groups is 1. The van der Waals surface area contributed by atoms with Gasteiger partial charge in [0, 0.05) is 12.4 Å². The number of nitrogens with one attached hydrogen (secondary N) is 2. The standard InChI is InChI=1S/C17H10ClF3N6O2/c18-9-2-3-11(29-17(20)21)12(13(9)19)14-10(7-23-26-14)25-16(28)8-6-24-27-5-1-4-22-15(8)27/h1-7,17H,(H,23,26)(H,25,28). The Morgan fingerprint density at radius 2 is 2.14 bits per heavy atom. The number of anilines is 1. The molecule has 0 radical (unpaired) electrons. The van der Waals surface area contributed by atoms with E-state index in [1.807, 2.05) is 0 Å². The monoisotopic (exact) mass is 422 g/mol. The molecule has 0 aliphatic rings. The second kappa shape index (κ2) is 7.43. The van der Waals surface area contributed by atoms with Crippen molar-refractivity contribution in [3.8, 4) is 17.0 Å². The fourth-order valence-electron chi connectivity index (χ4n) is 2.71. The number of alkyl halides is 2. The van der Waals surface area contributed by atoms with Crippen molar-refractivity contribution in [3.63, 3.8) is 0 Å². The van der Waals surface area contributed by atoms with E-state index in [1.54, 1.807) is 12.3 Å². The summed E-state index contributed by atoms with van der Waals surface area (Å²) in [4.78, 5) is 16.7. The van der Waals surface area contributed by atoms with Crippen LogP contribution in [0.4, 0.5) is 18.9 Å². The second-order valence-electron chi connectivity index (χ2n) is 5.67. The maximum Gasteiger partial charge on any atom is 0.387 e. The molecule has 0 aliphatic heterocycles. The zero-order valence-electron chi connectivity index (χ0n) is 14.2. The van der Waals surface area contributed by atoms with Crippen molar-refractivity contribution in [3.05, 3.63) is 59.4 Å². The van der Waals surface area contributed by atoms with E-state index in [0.29, 0.717) is 5.65 Å². The highest BCUT2D eigenvalue weighted by atomic mass is 35.5.